The number of hydrogen-bond acceptors (Lipinski definition) is 9. The molecule has 0 spiro atoms. The minimum atomic E-state index is -2.23. The SMILES string of the molecule is CNC(=O)CC(N)C(=O)NC(C(=O)N[C@@]1(C(=O)O)N2C(=O)[C@H](NC=O)[C@H]2SC1(C)C)c1ccc(O)cc1. The standard InChI is InChI=1S/C22H28N6O8S/c1-21(2)22(20(35)36,28-18(34)15(25-9-29)19(28)37-21)27-17(33)14(10-4-6-11(30)7-5-10)26-16(32)12(23)8-13(31)24-3/h4-7,9,12,14-15,19,30H,8,23H2,1-3H3,(H,24,31)(H,25,29)(H,26,32)(H,27,33)(H,35,36)/t12?,14?,15-,19+,22-/m0/s1. The van der Waals surface area contributed by atoms with E-state index in [2.05, 4.69) is 21.3 Å². The molecular weight excluding hydrogens is 508 g/mol. The van der Waals surface area contributed by atoms with Crippen molar-refractivity contribution in [2.24, 2.45) is 5.73 Å². The van der Waals surface area contributed by atoms with Crippen molar-refractivity contribution in [2.75, 3.05) is 7.05 Å². The number of thioether (sulfide) groups is 1. The lowest BCUT2D eigenvalue weighted by molar-refractivity contribution is -0.176. The van der Waals surface area contributed by atoms with Gasteiger partial charge in [0.1, 0.15) is 23.2 Å². The number of amides is 5. The molecule has 2 unspecified atom stereocenters. The maximum Gasteiger partial charge on any atom is 0.352 e. The van der Waals surface area contributed by atoms with Gasteiger partial charge in [-0.2, -0.15) is 0 Å². The number of β-lactam (4-membered cyclic amide) rings is 1. The molecule has 0 aliphatic carbocycles. The monoisotopic (exact) mass is 536 g/mol. The topological polar surface area (TPSA) is 220 Å². The van der Waals surface area contributed by atoms with Gasteiger partial charge in [0.25, 0.3) is 5.91 Å². The van der Waals surface area contributed by atoms with Crippen LogP contribution in [0.2, 0.25) is 0 Å². The molecule has 2 saturated heterocycles. The van der Waals surface area contributed by atoms with E-state index in [0.29, 0.717) is 6.41 Å². The van der Waals surface area contributed by atoms with Crippen molar-refractivity contribution in [1.82, 2.24) is 26.2 Å². The Labute approximate surface area is 215 Å². The average Bonchev–Trinajstić information content (AvgIpc) is 3.05. The van der Waals surface area contributed by atoms with E-state index in [0.717, 1.165) is 16.7 Å². The number of carbonyl (C=O) groups is 6. The molecule has 2 aliphatic heterocycles. The van der Waals surface area contributed by atoms with Crippen LogP contribution in [-0.2, 0) is 28.8 Å². The van der Waals surface area contributed by atoms with Crippen LogP contribution in [0.15, 0.2) is 24.3 Å². The summed E-state index contributed by atoms with van der Waals surface area (Å²) >= 11 is 1.09. The third kappa shape index (κ3) is 4.79. The van der Waals surface area contributed by atoms with Crippen LogP contribution < -0.4 is 27.0 Å². The number of phenolic OH excluding ortho intramolecular Hbond substituents is 1. The normalized spacial score (nSPS) is 25.1. The van der Waals surface area contributed by atoms with E-state index in [9.17, 15) is 39.0 Å². The molecule has 2 fully saturated rings. The third-order valence-electron chi connectivity index (χ3n) is 6.35. The number of nitrogens with two attached hydrogens (primary N) is 1. The summed E-state index contributed by atoms with van der Waals surface area (Å²) in [5.41, 5.74) is 3.74. The highest BCUT2D eigenvalue weighted by molar-refractivity contribution is 8.01. The summed E-state index contributed by atoms with van der Waals surface area (Å²) < 4.78 is -1.27. The first-order valence-corrected chi connectivity index (χ1v) is 12.0. The molecule has 0 bridgehead atoms. The Hall–Kier alpha value is -3.85. The van der Waals surface area contributed by atoms with Gasteiger partial charge in [0.05, 0.1) is 17.2 Å². The van der Waals surface area contributed by atoms with Crippen LogP contribution in [0.25, 0.3) is 0 Å². The van der Waals surface area contributed by atoms with Crippen molar-refractivity contribution in [3.63, 3.8) is 0 Å². The Morgan fingerprint density at radius 1 is 1.19 bits per heavy atom. The molecule has 200 valence electrons. The fourth-order valence-corrected chi connectivity index (χ4v) is 6.04. The number of rotatable bonds is 10. The van der Waals surface area contributed by atoms with Crippen molar-refractivity contribution < 1.29 is 39.0 Å². The highest BCUT2D eigenvalue weighted by atomic mass is 32.2. The second kappa shape index (κ2) is 10.3. The zero-order valence-electron chi connectivity index (χ0n) is 20.2. The van der Waals surface area contributed by atoms with Crippen LogP contribution in [0.1, 0.15) is 31.9 Å². The summed E-state index contributed by atoms with van der Waals surface area (Å²) in [5, 5.41) is 28.7. The largest absolute Gasteiger partial charge is 0.508 e. The smallest absolute Gasteiger partial charge is 0.352 e. The number of phenols is 1. The van der Waals surface area contributed by atoms with Crippen LogP contribution in [-0.4, -0.2) is 86.0 Å². The fourth-order valence-electron chi connectivity index (χ4n) is 4.33. The lowest BCUT2D eigenvalue weighted by atomic mass is 9.88. The second-order valence-electron chi connectivity index (χ2n) is 9.01. The molecular formula is C22H28N6O8S. The molecule has 2 aliphatic rings. The molecule has 0 radical (unpaired) electrons. The first-order valence-electron chi connectivity index (χ1n) is 11.1. The van der Waals surface area contributed by atoms with Gasteiger partial charge in [-0.3, -0.25) is 28.9 Å². The Morgan fingerprint density at radius 3 is 2.35 bits per heavy atom. The first-order chi connectivity index (χ1) is 17.3. The van der Waals surface area contributed by atoms with Crippen molar-refractivity contribution in [2.45, 2.75) is 54.2 Å². The minimum absolute atomic E-state index is 0.122. The number of carboxylic acid groups (broad SMARTS) is 1. The summed E-state index contributed by atoms with van der Waals surface area (Å²) in [5.74, 6) is -4.70. The van der Waals surface area contributed by atoms with Crippen molar-refractivity contribution >= 4 is 47.8 Å². The summed E-state index contributed by atoms with van der Waals surface area (Å²) in [7, 11) is 1.37. The average molecular weight is 537 g/mol. The zero-order valence-corrected chi connectivity index (χ0v) is 21.0. The van der Waals surface area contributed by atoms with Gasteiger partial charge < -0.3 is 37.2 Å². The van der Waals surface area contributed by atoms with Gasteiger partial charge >= 0.3 is 5.97 Å². The molecule has 37 heavy (non-hydrogen) atoms. The van der Waals surface area contributed by atoms with E-state index in [4.69, 9.17) is 5.73 Å². The summed E-state index contributed by atoms with van der Waals surface area (Å²) in [6.07, 6.45) is -0.0324. The lowest BCUT2D eigenvalue weighted by Gasteiger charge is -2.49. The number of fused-ring (bicyclic) bond motifs is 1. The molecule has 14 nitrogen and oxygen atoms in total. The van der Waals surface area contributed by atoms with Crippen LogP contribution >= 0.6 is 11.8 Å². The van der Waals surface area contributed by atoms with Crippen LogP contribution in [0.4, 0.5) is 0 Å². The molecule has 2 heterocycles. The van der Waals surface area contributed by atoms with Gasteiger partial charge in [0.15, 0.2) is 0 Å². The van der Waals surface area contributed by atoms with Gasteiger partial charge in [-0.25, -0.2) is 4.79 Å². The maximum atomic E-state index is 13.6. The Balaban J connectivity index is 1.96. The van der Waals surface area contributed by atoms with Gasteiger partial charge in [-0.05, 0) is 31.5 Å². The quantitative estimate of drug-likeness (QED) is 0.125. The number of nitrogens with one attached hydrogen (secondary N) is 4. The zero-order chi connectivity index (χ0) is 27.7. The minimum Gasteiger partial charge on any atom is -0.508 e. The van der Waals surface area contributed by atoms with Gasteiger partial charge in [-0.15, -0.1) is 11.8 Å². The van der Waals surface area contributed by atoms with Crippen molar-refractivity contribution in [1.29, 1.82) is 0 Å². The molecule has 0 aromatic heterocycles. The van der Waals surface area contributed by atoms with E-state index in [1.54, 1.807) is 0 Å². The highest BCUT2D eigenvalue weighted by Gasteiger charge is 2.74. The van der Waals surface area contributed by atoms with Crippen LogP contribution in [0, 0.1) is 0 Å². The van der Waals surface area contributed by atoms with E-state index in [1.165, 1.54) is 45.2 Å². The molecule has 1 aromatic rings. The molecule has 3 rings (SSSR count). The Morgan fingerprint density at radius 2 is 1.81 bits per heavy atom. The van der Waals surface area contributed by atoms with Crippen molar-refractivity contribution in [3.05, 3.63) is 29.8 Å². The lowest BCUT2D eigenvalue weighted by Crippen LogP contribution is -2.80. The predicted octanol–water partition coefficient (Wildman–Crippen LogP) is -2.28. The number of benzene rings is 1. The predicted molar refractivity (Wildman–Crippen MR) is 129 cm³/mol. The first kappa shape index (κ1) is 27.7. The maximum absolute atomic E-state index is 13.6. The second-order valence-corrected chi connectivity index (χ2v) is 10.8. The number of hydrogen-bond donors (Lipinski definition) is 7. The van der Waals surface area contributed by atoms with Gasteiger partial charge in [-0.1, -0.05) is 12.1 Å². The van der Waals surface area contributed by atoms with E-state index < -0.39 is 63.5 Å². The van der Waals surface area contributed by atoms with E-state index >= 15 is 0 Å². The van der Waals surface area contributed by atoms with Gasteiger partial charge in [0, 0.05) is 7.05 Å². The van der Waals surface area contributed by atoms with E-state index in [-0.39, 0.29) is 17.7 Å². The fraction of sp³-hybridized carbons (Fsp3) is 0.455. The number of nitrogens with zero attached hydrogens (tertiary/aromatic N) is 1. The highest BCUT2D eigenvalue weighted by Crippen LogP contribution is 2.55. The third-order valence-corrected chi connectivity index (χ3v) is 7.96. The van der Waals surface area contributed by atoms with Gasteiger partial charge in [0.2, 0.25) is 29.8 Å². The molecule has 1 aromatic carbocycles. The number of carbonyl (C=O) groups excluding carboxylic acids is 5. The molecule has 5 amide bonds. The van der Waals surface area contributed by atoms with Crippen LogP contribution in [0.3, 0.4) is 0 Å². The van der Waals surface area contributed by atoms with Crippen LogP contribution in [0.5, 0.6) is 5.75 Å². The number of aliphatic carboxylic acids is 1. The Bertz CT molecular complexity index is 1130. The number of carboxylic acids is 1. The Kier molecular flexibility index (Phi) is 7.69. The molecule has 8 N–H and O–H groups in total. The number of aromatic hydroxyl groups is 1. The summed E-state index contributed by atoms with van der Waals surface area (Å²) in [6, 6.07) is 1.42. The molecule has 15 heteroatoms. The van der Waals surface area contributed by atoms with Crippen molar-refractivity contribution in [3.8, 4) is 5.75 Å². The summed E-state index contributed by atoms with van der Waals surface area (Å²) in [4.78, 5) is 75.4. The summed E-state index contributed by atoms with van der Waals surface area (Å²) in [6.45, 7) is 3.06. The molecule has 5 atom stereocenters. The molecule has 0 saturated carbocycles. The van der Waals surface area contributed by atoms with E-state index in [1.807, 2.05) is 0 Å².